The third-order valence-corrected chi connectivity index (χ3v) is 4.48. The summed E-state index contributed by atoms with van der Waals surface area (Å²) in [5.41, 5.74) is 2.23. The molecule has 0 spiro atoms. The van der Waals surface area contributed by atoms with E-state index in [4.69, 9.17) is 0 Å². The molecule has 92 valence electrons. The van der Waals surface area contributed by atoms with Crippen molar-refractivity contribution in [2.75, 3.05) is 6.54 Å². The Morgan fingerprint density at radius 1 is 1.31 bits per heavy atom. The number of hydrogen-bond donors (Lipinski definition) is 1. The Morgan fingerprint density at radius 3 is 2.81 bits per heavy atom. The summed E-state index contributed by atoms with van der Waals surface area (Å²) in [4.78, 5) is 0. The minimum Gasteiger partial charge on any atom is -0.313 e. The molecule has 16 heavy (non-hydrogen) atoms. The summed E-state index contributed by atoms with van der Waals surface area (Å²) in [6.07, 6.45) is 13.5. The van der Waals surface area contributed by atoms with Crippen LogP contribution < -0.4 is 5.32 Å². The lowest BCUT2D eigenvalue weighted by molar-refractivity contribution is 0.285. The van der Waals surface area contributed by atoms with Crippen LogP contribution in [-0.2, 0) is 0 Å². The Kier molecular flexibility index (Phi) is 4.07. The van der Waals surface area contributed by atoms with Crippen molar-refractivity contribution in [1.82, 2.24) is 5.32 Å². The molecule has 1 saturated carbocycles. The molecule has 0 aliphatic heterocycles. The molecule has 1 unspecified atom stereocenters. The van der Waals surface area contributed by atoms with Gasteiger partial charge < -0.3 is 5.32 Å². The number of nitrogens with one attached hydrogen (secondary N) is 1. The second-order valence-corrected chi connectivity index (χ2v) is 6.25. The highest BCUT2D eigenvalue weighted by molar-refractivity contribution is 5.05. The van der Waals surface area contributed by atoms with Crippen molar-refractivity contribution in [2.45, 2.75) is 71.3 Å². The first-order valence-electron chi connectivity index (χ1n) is 7.10. The van der Waals surface area contributed by atoms with Crippen molar-refractivity contribution >= 4 is 0 Å². The van der Waals surface area contributed by atoms with Gasteiger partial charge in [-0.2, -0.15) is 0 Å². The van der Waals surface area contributed by atoms with E-state index in [-0.39, 0.29) is 0 Å². The quantitative estimate of drug-likeness (QED) is 0.706. The first kappa shape index (κ1) is 12.2. The summed E-state index contributed by atoms with van der Waals surface area (Å²) in [5, 5.41) is 3.78. The van der Waals surface area contributed by atoms with Crippen LogP contribution in [-0.4, -0.2) is 12.6 Å². The fourth-order valence-electron chi connectivity index (χ4n) is 3.24. The normalized spacial score (nSPS) is 29.1. The summed E-state index contributed by atoms with van der Waals surface area (Å²) in [6, 6.07) is 0.761. The molecule has 2 aliphatic carbocycles. The first-order valence-corrected chi connectivity index (χ1v) is 7.10. The van der Waals surface area contributed by atoms with Crippen molar-refractivity contribution in [3.05, 3.63) is 11.6 Å². The van der Waals surface area contributed by atoms with E-state index in [9.17, 15) is 0 Å². The molecule has 0 saturated heterocycles. The number of rotatable bonds is 4. The minimum absolute atomic E-state index is 0.529. The first-order chi connectivity index (χ1) is 7.68. The fraction of sp³-hybridized carbons (Fsp3) is 0.867. The van der Waals surface area contributed by atoms with Crippen molar-refractivity contribution in [3.8, 4) is 0 Å². The Morgan fingerprint density at radius 2 is 2.19 bits per heavy atom. The van der Waals surface area contributed by atoms with E-state index in [1.54, 1.807) is 5.57 Å². The molecule has 2 rings (SSSR count). The zero-order chi connectivity index (χ0) is 11.4. The lowest BCUT2D eigenvalue weighted by Crippen LogP contribution is -2.38. The van der Waals surface area contributed by atoms with Crippen molar-refractivity contribution in [3.63, 3.8) is 0 Å². The van der Waals surface area contributed by atoms with Gasteiger partial charge in [-0.3, -0.25) is 0 Å². The van der Waals surface area contributed by atoms with Gasteiger partial charge in [0.1, 0.15) is 0 Å². The van der Waals surface area contributed by atoms with Crippen molar-refractivity contribution < 1.29 is 0 Å². The maximum absolute atomic E-state index is 3.78. The van der Waals surface area contributed by atoms with E-state index in [1.807, 2.05) is 0 Å². The van der Waals surface area contributed by atoms with Gasteiger partial charge in [-0.05, 0) is 56.9 Å². The number of hydrogen-bond acceptors (Lipinski definition) is 1. The zero-order valence-corrected chi connectivity index (χ0v) is 11.0. The Labute approximate surface area is 101 Å². The van der Waals surface area contributed by atoms with Gasteiger partial charge in [-0.15, -0.1) is 0 Å². The Hall–Kier alpha value is -0.300. The monoisotopic (exact) mass is 221 g/mol. The average Bonchev–Trinajstić information content (AvgIpc) is 2.60. The number of allylic oxidation sites excluding steroid dienone is 1. The lowest BCUT2D eigenvalue weighted by Gasteiger charge is -2.28. The molecule has 0 bridgehead atoms. The summed E-state index contributed by atoms with van der Waals surface area (Å²) >= 11 is 0. The summed E-state index contributed by atoms with van der Waals surface area (Å²) in [7, 11) is 0. The van der Waals surface area contributed by atoms with Crippen molar-refractivity contribution in [1.29, 1.82) is 0 Å². The summed E-state index contributed by atoms with van der Waals surface area (Å²) in [6.45, 7) is 6.02. The van der Waals surface area contributed by atoms with Gasteiger partial charge in [0.2, 0.25) is 0 Å². The van der Waals surface area contributed by atoms with Crippen LogP contribution in [0.15, 0.2) is 11.6 Å². The molecule has 1 N–H and O–H groups in total. The van der Waals surface area contributed by atoms with Crippen LogP contribution in [0.1, 0.15) is 65.2 Å². The predicted molar refractivity (Wildman–Crippen MR) is 70.6 cm³/mol. The summed E-state index contributed by atoms with van der Waals surface area (Å²) < 4.78 is 0. The van der Waals surface area contributed by atoms with Gasteiger partial charge >= 0.3 is 0 Å². The van der Waals surface area contributed by atoms with Crippen LogP contribution in [0, 0.1) is 5.41 Å². The van der Waals surface area contributed by atoms with Gasteiger partial charge in [0.25, 0.3) is 0 Å². The van der Waals surface area contributed by atoms with Crippen LogP contribution >= 0.6 is 0 Å². The third kappa shape index (κ3) is 3.10. The fourth-order valence-corrected chi connectivity index (χ4v) is 3.24. The standard InChI is InChI=1S/C15H27N/c1-15(2)11-6-9-14(15)16-12-10-13-7-4-3-5-8-13/h7,14,16H,3-6,8-12H2,1-2H3. The van der Waals surface area contributed by atoms with Gasteiger partial charge in [0.15, 0.2) is 0 Å². The Bertz CT molecular complexity index is 252. The van der Waals surface area contributed by atoms with E-state index in [0.29, 0.717) is 5.41 Å². The van der Waals surface area contributed by atoms with E-state index < -0.39 is 0 Å². The largest absolute Gasteiger partial charge is 0.313 e. The van der Waals surface area contributed by atoms with Crippen LogP contribution in [0.2, 0.25) is 0 Å². The molecule has 1 fully saturated rings. The zero-order valence-electron chi connectivity index (χ0n) is 11.0. The second-order valence-electron chi connectivity index (χ2n) is 6.25. The van der Waals surface area contributed by atoms with Gasteiger partial charge in [0.05, 0.1) is 0 Å². The van der Waals surface area contributed by atoms with E-state index >= 15 is 0 Å². The maximum Gasteiger partial charge on any atom is 0.0118 e. The van der Waals surface area contributed by atoms with Crippen LogP contribution in [0.5, 0.6) is 0 Å². The highest BCUT2D eigenvalue weighted by Crippen LogP contribution is 2.37. The molecule has 0 aromatic rings. The average molecular weight is 221 g/mol. The highest BCUT2D eigenvalue weighted by Gasteiger charge is 2.33. The molecule has 0 heterocycles. The van der Waals surface area contributed by atoms with Gasteiger partial charge in [-0.25, -0.2) is 0 Å². The molecule has 2 aliphatic rings. The molecule has 0 radical (unpaired) electrons. The smallest absolute Gasteiger partial charge is 0.0118 e. The van der Waals surface area contributed by atoms with E-state index in [0.717, 1.165) is 6.04 Å². The topological polar surface area (TPSA) is 12.0 Å². The van der Waals surface area contributed by atoms with E-state index in [2.05, 4.69) is 25.2 Å². The van der Waals surface area contributed by atoms with Crippen LogP contribution in [0.3, 0.4) is 0 Å². The van der Waals surface area contributed by atoms with Crippen molar-refractivity contribution in [2.24, 2.45) is 5.41 Å². The Balaban J connectivity index is 1.69. The lowest BCUT2D eigenvalue weighted by atomic mass is 9.87. The molecular weight excluding hydrogens is 194 g/mol. The van der Waals surface area contributed by atoms with Gasteiger partial charge in [-0.1, -0.05) is 31.9 Å². The molecule has 1 atom stereocenters. The third-order valence-electron chi connectivity index (χ3n) is 4.48. The maximum atomic E-state index is 3.78. The minimum atomic E-state index is 0.529. The van der Waals surface area contributed by atoms with E-state index in [1.165, 1.54) is 57.9 Å². The molecule has 0 amide bonds. The molecule has 1 nitrogen and oxygen atoms in total. The van der Waals surface area contributed by atoms with Gasteiger partial charge in [0, 0.05) is 6.04 Å². The molecule has 0 aromatic carbocycles. The molecular formula is C15H27N. The molecule has 1 heteroatoms. The highest BCUT2D eigenvalue weighted by atomic mass is 14.9. The van der Waals surface area contributed by atoms with Crippen LogP contribution in [0.4, 0.5) is 0 Å². The SMILES string of the molecule is CC1(C)CCCC1NCCC1=CCCCC1. The second kappa shape index (κ2) is 5.35. The summed E-state index contributed by atoms with van der Waals surface area (Å²) in [5.74, 6) is 0. The predicted octanol–water partition coefficient (Wildman–Crippen LogP) is 4.05. The van der Waals surface area contributed by atoms with Crippen LogP contribution in [0.25, 0.3) is 0 Å². The molecule has 0 aromatic heterocycles.